The van der Waals surface area contributed by atoms with Crippen molar-refractivity contribution in [1.29, 1.82) is 5.26 Å². The number of pyridine rings is 1. The van der Waals surface area contributed by atoms with E-state index >= 15 is 0 Å². The van der Waals surface area contributed by atoms with Crippen LogP contribution in [-0.4, -0.2) is 36.8 Å². The van der Waals surface area contributed by atoms with Crippen LogP contribution in [0.2, 0.25) is 0 Å². The van der Waals surface area contributed by atoms with Crippen molar-refractivity contribution in [2.45, 2.75) is 30.4 Å². The van der Waals surface area contributed by atoms with E-state index in [9.17, 15) is 34.8 Å². The predicted octanol–water partition coefficient (Wildman–Crippen LogP) is 4.17. The zero-order valence-corrected chi connectivity index (χ0v) is 15.9. The summed E-state index contributed by atoms with van der Waals surface area (Å²) in [4.78, 5) is 2.92. The zero-order valence-electron chi connectivity index (χ0n) is 15.1. The van der Waals surface area contributed by atoms with Gasteiger partial charge in [0.15, 0.2) is 0 Å². The molecule has 30 heavy (non-hydrogen) atoms. The number of sulfonamides is 1. The van der Waals surface area contributed by atoms with Gasteiger partial charge < -0.3 is 4.74 Å². The Hall–Kier alpha value is -2.85. The lowest BCUT2D eigenvalue weighted by Crippen LogP contribution is -2.42. The minimum absolute atomic E-state index is 0.130. The largest absolute Gasteiger partial charge is 0.573 e. The number of hydrogen-bond acceptors (Lipinski definition) is 5. The van der Waals surface area contributed by atoms with E-state index in [0.717, 1.165) is 18.5 Å². The van der Waals surface area contributed by atoms with Crippen molar-refractivity contribution in [3.05, 3.63) is 53.9 Å². The highest BCUT2D eigenvalue weighted by Crippen LogP contribution is 2.41. The maximum atomic E-state index is 13.8. The first-order valence-electron chi connectivity index (χ1n) is 8.09. The van der Waals surface area contributed by atoms with Gasteiger partial charge in [-0.15, -0.1) is 13.2 Å². The molecule has 0 amide bonds. The summed E-state index contributed by atoms with van der Waals surface area (Å²) in [5.74, 6) is -0.760. The summed E-state index contributed by atoms with van der Waals surface area (Å²) in [6, 6.07) is 2.51. The number of aromatic nitrogens is 1. The Labute approximate surface area is 167 Å². The fourth-order valence-corrected chi connectivity index (χ4v) is 4.22. The van der Waals surface area contributed by atoms with E-state index in [-0.39, 0.29) is 9.87 Å². The maximum absolute atomic E-state index is 13.8. The van der Waals surface area contributed by atoms with Crippen LogP contribution < -0.4 is 4.74 Å². The van der Waals surface area contributed by atoms with Crippen LogP contribution in [0.4, 0.5) is 26.3 Å². The SMILES string of the molecule is CCN(C(c1ccc(OC(F)(F)F)cc1)C(F)(F)F)S(=O)(=O)c1cncc(C#N)c1. The number of nitrogens with zero attached hydrogens (tertiary/aromatic N) is 3. The lowest BCUT2D eigenvalue weighted by atomic mass is 10.1. The third-order valence-corrected chi connectivity index (χ3v) is 5.69. The van der Waals surface area contributed by atoms with Gasteiger partial charge in [0.2, 0.25) is 10.0 Å². The molecular weight excluding hydrogens is 440 g/mol. The first kappa shape index (κ1) is 23.4. The maximum Gasteiger partial charge on any atom is 0.573 e. The van der Waals surface area contributed by atoms with Crippen molar-refractivity contribution in [2.24, 2.45) is 0 Å². The van der Waals surface area contributed by atoms with Gasteiger partial charge in [-0.3, -0.25) is 4.98 Å². The summed E-state index contributed by atoms with van der Waals surface area (Å²) in [7, 11) is -4.76. The minimum atomic E-state index is -5.10. The number of halogens is 6. The molecule has 0 aliphatic carbocycles. The molecule has 1 atom stereocenters. The molecule has 0 spiro atoms. The molecule has 0 fully saturated rings. The zero-order chi connectivity index (χ0) is 22.7. The van der Waals surface area contributed by atoms with Crippen LogP contribution in [0.5, 0.6) is 5.75 Å². The second-order valence-electron chi connectivity index (χ2n) is 5.79. The van der Waals surface area contributed by atoms with Crippen LogP contribution in [0.25, 0.3) is 0 Å². The molecule has 1 aromatic carbocycles. The van der Waals surface area contributed by atoms with E-state index in [1.807, 2.05) is 0 Å². The van der Waals surface area contributed by atoms with Gasteiger partial charge in [0, 0.05) is 18.9 Å². The van der Waals surface area contributed by atoms with Crippen molar-refractivity contribution in [3.8, 4) is 11.8 Å². The molecule has 162 valence electrons. The molecule has 0 bridgehead atoms. The van der Waals surface area contributed by atoms with Gasteiger partial charge >= 0.3 is 12.5 Å². The molecule has 0 aliphatic rings. The fourth-order valence-electron chi connectivity index (χ4n) is 2.62. The summed E-state index contributed by atoms with van der Waals surface area (Å²) in [6.45, 7) is 0.545. The van der Waals surface area contributed by atoms with Crippen molar-refractivity contribution >= 4 is 10.0 Å². The average Bonchev–Trinajstić information content (AvgIpc) is 2.64. The molecule has 0 aliphatic heterocycles. The lowest BCUT2D eigenvalue weighted by molar-refractivity contribution is -0.274. The summed E-state index contributed by atoms with van der Waals surface area (Å²) >= 11 is 0. The van der Waals surface area contributed by atoms with E-state index in [2.05, 4.69) is 9.72 Å². The second-order valence-corrected chi connectivity index (χ2v) is 7.68. The minimum Gasteiger partial charge on any atom is -0.406 e. The van der Waals surface area contributed by atoms with E-state index in [1.165, 1.54) is 6.92 Å². The Balaban J connectivity index is 2.52. The summed E-state index contributed by atoms with van der Waals surface area (Å²) in [5, 5.41) is 8.88. The van der Waals surface area contributed by atoms with Crippen LogP contribution >= 0.6 is 0 Å². The van der Waals surface area contributed by atoms with Gasteiger partial charge in [0.1, 0.15) is 22.8 Å². The van der Waals surface area contributed by atoms with E-state index in [4.69, 9.17) is 5.26 Å². The molecule has 1 heterocycles. The van der Waals surface area contributed by atoms with Crippen LogP contribution in [0, 0.1) is 11.3 Å². The van der Waals surface area contributed by atoms with Gasteiger partial charge in [-0.25, -0.2) is 8.42 Å². The predicted molar refractivity (Wildman–Crippen MR) is 90.4 cm³/mol. The smallest absolute Gasteiger partial charge is 0.406 e. The number of rotatable bonds is 6. The molecule has 0 N–H and O–H groups in total. The highest BCUT2D eigenvalue weighted by atomic mass is 32.2. The molecule has 2 rings (SSSR count). The number of hydrogen-bond donors (Lipinski definition) is 0. The number of alkyl halides is 6. The fraction of sp³-hybridized carbons (Fsp3) is 0.294. The van der Waals surface area contributed by atoms with Crippen molar-refractivity contribution < 1.29 is 39.5 Å². The highest BCUT2D eigenvalue weighted by Gasteiger charge is 2.49. The molecular formula is C17H13F6N3O3S. The summed E-state index contributed by atoms with van der Waals surface area (Å²) < 4.78 is 108. The van der Waals surface area contributed by atoms with Gasteiger partial charge in [-0.2, -0.15) is 22.7 Å². The first-order valence-corrected chi connectivity index (χ1v) is 9.53. The Bertz CT molecular complexity index is 1030. The van der Waals surface area contributed by atoms with Gasteiger partial charge in [-0.05, 0) is 23.8 Å². The Morgan fingerprint density at radius 3 is 2.20 bits per heavy atom. The Morgan fingerprint density at radius 2 is 1.73 bits per heavy atom. The van der Waals surface area contributed by atoms with Gasteiger partial charge in [0.25, 0.3) is 0 Å². The molecule has 13 heteroatoms. The molecule has 0 saturated heterocycles. The number of nitriles is 1. The van der Waals surface area contributed by atoms with Crippen LogP contribution in [0.15, 0.2) is 47.6 Å². The average molecular weight is 453 g/mol. The molecule has 0 radical (unpaired) electrons. The van der Waals surface area contributed by atoms with Crippen molar-refractivity contribution in [3.63, 3.8) is 0 Å². The van der Waals surface area contributed by atoms with E-state index < -0.39 is 51.4 Å². The van der Waals surface area contributed by atoms with Gasteiger partial charge in [0.05, 0.1) is 5.56 Å². The number of ether oxygens (including phenoxy) is 1. The quantitative estimate of drug-likeness (QED) is 0.614. The highest BCUT2D eigenvalue weighted by molar-refractivity contribution is 7.89. The van der Waals surface area contributed by atoms with Crippen LogP contribution in [0.1, 0.15) is 24.1 Å². The second kappa shape index (κ2) is 8.49. The van der Waals surface area contributed by atoms with E-state index in [0.29, 0.717) is 24.3 Å². The third-order valence-electron chi connectivity index (χ3n) is 3.79. The molecule has 0 saturated carbocycles. The first-order chi connectivity index (χ1) is 13.8. The lowest BCUT2D eigenvalue weighted by Gasteiger charge is -2.31. The Morgan fingerprint density at radius 1 is 1.13 bits per heavy atom. The van der Waals surface area contributed by atoms with Crippen molar-refractivity contribution in [1.82, 2.24) is 9.29 Å². The summed E-state index contributed by atoms with van der Waals surface area (Å²) in [6.07, 6.45) is -8.30. The van der Waals surface area contributed by atoms with Crippen molar-refractivity contribution in [2.75, 3.05) is 6.54 Å². The molecule has 1 aromatic heterocycles. The van der Waals surface area contributed by atoms with Crippen LogP contribution in [-0.2, 0) is 10.0 Å². The standard InChI is InChI=1S/C17H13F6N3O3S/c1-2-26(30(27,28)14-7-11(8-24)9-25-10-14)15(16(18,19)20)12-3-5-13(6-4-12)29-17(21,22)23/h3-7,9-10,15H,2H2,1H3. The molecule has 6 nitrogen and oxygen atoms in total. The van der Waals surface area contributed by atoms with Crippen LogP contribution in [0.3, 0.4) is 0 Å². The monoisotopic (exact) mass is 453 g/mol. The Kier molecular flexibility index (Phi) is 6.63. The topological polar surface area (TPSA) is 83.3 Å². The molecule has 2 aromatic rings. The normalized spacial score (nSPS) is 13.7. The summed E-state index contributed by atoms with van der Waals surface area (Å²) in [5.41, 5.74) is -0.795. The molecule has 1 unspecified atom stereocenters. The third kappa shape index (κ3) is 5.39. The van der Waals surface area contributed by atoms with Gasteiger partial charge in [-0.1, -0.05) is 19.1 Å². The van der Waals surface area contributed by atoms with E-state index in [1.54, 1.807) is 6.07 Å². The number of benzene rings is 1.